The molecular weight excluding hydrogens is 343 g/mol. The average Bonchev–Trinajstić information content (AvgIpc) is 2.93. The molecule has 1 fully saturated rings. The summed E-state index contributed by atoms with van der Waals surface area (Å²) in [5.74, 6) is 1.59. The molecule has 1 aliphatic rings. The number of fused-ring (bicyclic) bond motifs is 1. The smallest absolute Gasteiger partial charge is 0.228 e. The van der Waals surface area contributed by atoms with E-state index in [1.807, 2.05) is 4.90 Å². The number of nitrogens with zero attached hydrogens (tertiary/aromatic N) is 3. The van der Waals surface area contributed by atoms with Crippen LogP contribution in [0.15, 0.2) is 6.07 Å². The number of anilines is 2. The molecule has 1 aliphatic heterocycles. The Hall–Kier alpha value is -1.70. The third-order valence-electron chi connectivity index (χ3n) is 3.73. The van der Waals surface area contributed by atoms with Crippen LogP contribution >= 0.6 is 24.0 Å². The van der Waals surface area contributed by atoms with Gasteiger partial charge in [-0.25, -0.2) is 4.98 Å². The van der Waals surface area contributed by atoms with Crippen LogP contribution in [0.3, 0.4) is 0 Å². The number of β-amino-alcohol motifs (C(OH)–C–C–N with tert-alkyl or cyclic N) is 1. The highest BCUT2D eigenvalue weighted by Gasteiger charge is 2.25. The molecule has 23 heavy (non-hydrogen) atoms. The molecule has 1 aromatic carbocycles. The minimum absolute atomic E-state index is 0. The molecule has 0 bridgehead atoms. The molecule has 0 aliphatic carbocycles. The van der Waals surface area contributed by atoms with Crippen molar-refractivity contribution in [3.63, 3.8) is 0 Å². The summed E-state index contributed by atoms with van der Waals surface area (Å²) in [6.45, 7) is 1.16. The van der Waals surface area contributed by atoms with Crippen molar-refractivity contribution < 1.29 is 14.6 Å². The van der Waals surface area contributed by atoms with E-state index < -0.39 is 0 Å². The number of nitrogen functional groups attached to an aromatic ring is 1. The van der Waals surface area contributed by atoms with Gasteiger partial charge in [0.1, 0.15) is 11.3 Å². The van der Waals surface area contributed by atoms with Crippen LogP contribution in [-0.2, 0) is 0 Å². The molecule has 0 spiro atoms. The van der Waals surface area contributed by atoms with Gasteiger partial charge in [-0.3, -0.25) is 0 Å². The third kappa shape index (κ3) is 3.04. The summed E-state index contributed by atoms with van der Waals surface area (Å²) in [7, 11) is 3.03. The fraction of sp³-hybridized carbons (Fsp3) is 0.429. The van der Waals surface area contributed by atoms with Crippen LogP contribution in [0.25, 0.3) is 10.9 Å². The highest BCUT2D eigenvalue weighted by molar-refractivity contribution is 6.33. The van der Waals surface area contributed by atoms with E-state index in [1.54, 1.807) is 6.07 Å². The van der Waals surface area contributed by atoms with Crippen LogP contribution in [0.1, 0.15) is 6.42 Å². The molecule has 2 heterocycles. The fourth-order valence-corrected chi connectivity index (χ4v) is 2.91. The van der Waals surface area contributed by atoms with E-state index in [0.717, 1.165) is 0 Å². The molecule has 1 aromatic heterocycles. The maximum atomic E-state index is 9.67. The maximum Gasteiger partial charge on any atom is 0.228 e. The normalized spacial score (nSPS) is 17.2. The van der Waals surface area contributed by atoms with Crippen molar-refractivity contribution in [1.29, 1.82) is 0 Å². The molecule has 1 saturated heterocycles. The van der Waals surface area contributed by atoms with Crippen LogP contribution in [0.4, 0.5) is 11.8 Å². The number of methoxy groups -OCH3 is 2. The summed E-state index contributed by atoms with van der Waals surface area (Å²) in [5.41, 5.74) is 6.58. The van der Waals surface area contributed by atoms with Crippen molar-refractivity contribution in [3.05, 3.63) is 11.1 Å². The van der Waals surface area contributed by atoms with Crippen molar-refractivity contribution >= 4 is 46.7 Å². The zero-order valence-corrected chi connectivity index (χ0v) is 14.3. The number of aliphatic hydroxyl groups excluding tert-OH is 1. The Balaban J connectivity index is 0.00000192. The maximum absolute atomic E-state index is 9.67. The average molecular weight is 361 g/mol. The number of benzene rings is 1. The van der Waals surface area contributed by atoms with Gasteiger partial charge in [-0.15, -0.1) is 12.4 Å². The Morgan fingerprint density at radius 1 is 1.30 bits per heavy atom. The standard InChI is InChI=1S/C14H17ClN4O3.ClH/c1-21-11-9(15)5-8-10(12(11)22-2)17-14(18-13(8)16)19-4-3-7(20)6-19;/h5,7,20H,3-4,6H2,1-2H3,(H2,16,17,18);1H. The molecule has 2 aromatic rings. The first-order chi connectivity index (χ1) is 10.5. The molecule has 1 unspecified atom stereocenters. The molecule has 0 amide bonds. The van der Waals surface area contributed by atoms with E-state index >= 15 is 0 Å². The second-order valence-corrected chi connectivity index (χ2v) is 5.53. The topological polar surface area (TPSA) is 93.7 Å². The molecule has 7 nitrogen and oxygen atoms in total. The summed E-state index contributed by atoms with van der Waals surface area (Å²) < 4.78 is 10.7. The van der Waals surface area contributed by atoms with Crippen LogP contribution in [0.2, 0.25) is 5.02 Å². The van der Waals surface area contributed by atoms with Gasteiger partial charge in [-0.1, -0.05) is 11.6 Å². The van der Waals surface area contributed by atoms with Crippen molar-refractivity contribution in [2.45, 2.75) is 12.5 Å². The van der Waals surface area contributed by atoms with Crippen LogP contribution < -0.4 is 20.1 Å². The third-order valence-corrected chi connectivity index (χ3v) is 4.01. The lowest BCUT2D eigenvalue weighted by molar-refractivity contribution is 0.198. The number of ether oxygens (including phenoxy) is 2. The van der Waals surface area contributed by atoms with Crippen molar-refractivity contribution in [3.8, 4) is 11.5 Å². The number of halogens is 2. The van der Waals surface area contributed by atoms with E-state index in [-0.39, 0.29) is 18.5 Å². The summed E-state index contributed by atoms with van der Waals surface area (Å²) in [6, 6.07) is 1.66. The SMILES string of the molecule is COc1c(Cl)cc2c(N)nc(N3CCC(O)C3)nc2c1OC.Cl. The lowest BCUT2D eigenvalue weighted by Crippen LogP contribution is -2.23. The van der Waals surface area contributed by atoms with Gasteiger partial charge in [0.2, 0.25) is 5.95 Å². The Bertz CT molecular complexity index is 729. The van der Waals surface area contributed by atoms with Gasteiger partial charge in [0.25, 0.3) is 0 Å². The summed E-state index contributed by atoms with van der Waals surface area (Å²) >= 11 is 6.19. The zero-order chi connectivity index (χ0) is 15.9. The van der Waals surface area contributed by atoms with E-state index in [2.05, 4.69) is 9.97 Å². The molecule has 3 N–H and O–H groups in total. The predicted octanol–water partition coefficient (Wildman–Crippen LogP) is 1.88. The number of nitrogens with two attached hydrogens (primary N) is 1. The molecule has 1 atom stereocenters. The summed E-state index contributed by atoms with van der Waals surface area (Å²) in [4.78, 5) is 10.7. The number of hydrogen-bond donors (Lipinski definition) is 2. The highest BCUT2D eigenvalue weighted by Crippen LogP contribution is 2.42. The van der Waals surface area contributed by atoms with Crippen molar-refractivity contribution in [2.24, 2.45) is 0 Å². The summed E-state index contributed by atoms with van der Waals surface area (Å²) in [5, 5.41) is 10.7. The molecule has 0 radical (unpaired) electrons. The molecule has 0 saturated carbocycles. The van der Waals surface area contributed by atoms with Gasteiger partial charge in [0, 0.05) is 18.5 Å². The Morgan fingerprint density at radius 3 is 2.57 bits per heavy atom. The van der Waals surface area contributed by atoms with Crippen LogP contribution in [0.5, 0.6) is 11.5 Å². The number of aliphatic hydroxyl groups is 1. The Labute approximate surface area is 144 Å². The first-order valence-corrected chi connectivity index (χ1v) is 7.23. The van der Waals surface area contributed by atoms with E-state index in [4.69, 9.17) is 26.8 Å². The van der Waals surface area contributed by atoms with E-state index in [0.29, 0.717) is 58.7 Å². The highest BCUT2D eigenvalue weighted by atomic mass is 35.5. The van der Waals surface area contributed by atoms with Gasteiger partial charge in [-0.05, 0) is 12.5 Å². The van der Waals surface area contributed by atoms with Gasteiger partial charge in [0.05, 0.1) is 25.3 Å². The first-order valence-electron chi connectivity index (χ1n) is 6.85. The van der Waals surface area contributed by atoms with E-state index in [1.165, 1.54) is 14.2 Å². The van der Waals surface area contributed by atoms with Gasteiger partial charge < -0.3 is 25.2 Å². The van der Waals surface area contributed by atoms with Crippen molar-refractivity contribution in [1.82, 2.24) is 9.97 Å². The molecule has 126 valence electrons. The minimum Gasteiger partial charge on any atom is -0.491 e. The lowest BCUT2D eigenvalue weighted by Gasteiger charge is -2.18. The minimum atomic E-state index is -0.373. The molecular formula is C14H18Cl2N4O3. The summed E-state index contributed by atoms with van der Waals surface area (Å²) in [6.07, 6.45) is 0.310. The molecule has 3 rings (SSSR count). The van der Waals surface area contributed by atoms with Gasteiger partial charge >= 0.3 is 0 Å². The van der Waals surface area contributed by atoms with Gasteiger partial charge in [0.15, 0.2) is 11.5 Å². The quantitative estimate of drug-likeness (QED) is 0.862. The van der Waals surface area contributed by atoms with Crippen LogP contribution in [0, 0.1) is 0 Å². The van der Waals surface area contributed by atoms with Gasteiger partial charge in [-0.2, -0.15) is 4.98 Å². The van der Waals surface area contributed by atoms with Crippen molar-refractivity contribution in [2.75, 3.05) is 37.9 Å². The Morgan fingerprint density at radius 2 is 2.00 bits per heavy atom. The lowest BCUT2D eigenvalue weighted by atomic mass is 10.2. The molecule has 9 heteroatoms. The monoisotopic (exact) mass is 360 g/mol. The predicted molar refractivity (Wildman–Crippen MR) is 92.1 cm³/mol. The zero-order valence-electron chi connectivity index (χ0n) is 12.7. The first kappa shape index (κ1) is 17.7. The number of aromatic nitrogens is 2. The Kier molecular flexibility index (Phi) is 5.23. The number of rotatable bonds is 3. The number of hydrogen-bond acceptors (Lipinski definition) is 7. The van der Waals surface area contributed by atoms with Crippen LogP contribution in [-0.4, -0.2) is 48.5 Å². The second kappa shape index (κ2) is 6.82. The fourth-order valence-electron chi connectivity index (χ4n) is 2.64. The largest absolute Gasteiger partial charge is 0.491 e. The van der Waals surface area contributed by atoms with E-state index in [9.17, 15) is 5.11 Å². The second-order valence-electron chi connectivity index (χ2n) is 5.12.